The summed E-state index contributed by atoms with van der Waals surface area (Å²) in [6.45, 7) is 13.0. The van der Waals surface area contributed by atoms with Crippen LogP contribution in [0.5, 0.6) is 0 Å². The number of anilines is 1. The van der Waals surface area contributed by atoms with Gasteiger partial charge in [0.2, 0.25) is 0 Å². The maximum atomic E-state index is 5.94. The minimum absolute atomic E-state index is 0.0618. The average Bonchev–Trinajstić information content (AvgIpc) is 2.27. The van der Waals surface area contributed by atoms with Crippen LogP contribution in [0.1, 0.15) is 46.2 Å². The molecule has 0 saturated heterocycles. The fraction of sp³-hybridized carbons (Fsp3) is 0.667. The summed E-state index contributed by atoms with van der Waals surface area (Å²) in [6, 6.07) is 4.18. The molecule has 0 aliphatic carbocycles. The summed E-state index contributed by atoms with van der Waals surface area (Å²) in [6.07, 6.45) is 1.86. The molecule has 3 heteroatoms. The Labute approximate surface area is 111 Å². The smallest absolute Gasteiger partial charge is 0.128 e. The van der Waals surface area contributed by atoms with Crippen molar-refractivity contribution in [1.29, 1.82) is 0 Å². The lowest BCUT2D eigenvalue weighted by atomic mass is 10.1. The van der Waals surface area contributed by atoms with E-state index in [1.807, 2.05) is 19.2 Å². The molecule has 3 nitrogen and oxygen atoms in total. The molecular formula is C15H27N3. The monoisotopic (exact) mass is 249 g/mol. The number of hydrogen-bond donors (Lipinski definition) is 1. The van der Waals surface area contributed by atoms with E-state index in [4.69, 9.17) is 5.73 Å². The molecule has 2 N–H and O–H groups in total. The molecule has 102 valence electrons. The molecule has 1 unspecified atom stereocenters. The molecule has 0 fully saturated rings. The van der Waals surface area contributed by atoms with Crippen LogP contribution in [0, 0.1) is 11.8 Å². The zero-order valence-electron chi connectivity index (χ0n) is 12.4. The van der Waals surface area contributed by atoms with Crippen molar-refractivity contribution in [2.45, 2.75) is 40.7 Å². The van der Waals surface area contributed by atoms with Gasteiger partial charge in [0.05, 0.1) is 0 Å². The van der Waals surface area contributed by atoms with Gasteiger partial charge in [-0.05, 0) is 36.5 Å². The average molecular weight is 249 g/mol. The van der Waals surface area contributed by atoms with Gasteiger partial charge in [0.25, 0.3) is 0 Å². The van der Waals surface area contributed by atoms with E-state index in [9.17, 15) is 0 Å². The highest BCUT2D eigenvalue weighted by Crippen LogP contribution is 2.19. The first-order chi connectivity index (χ1) is 8.40. The molecule has 1 rings (SSSR count). The predicted octanol–water partition coefficient (Wildman–Crippen LogP) is 3.22. The Morgan fingerprint density at radius 1 is 1.11 bits per heavy atom. The lowest BCUT2D eigenvalue weighted by Gasteiger charge is -2.28. The quantitative estimate of drug-likeness (QED) is 0.841. The number of pyridine rings is 1. The van der Waals surface area contributed by atoms with Crippen LogP contribution in [0.2, 0.25) is 0 Å². The van der Waals surface area contributed by atoms with Crippen molar-refractivity contribution in [3.05, 3.63) is 23.9 Å². The molecule has 1 atom stereocenters. The Balaban J connectivity index is 2.93. The van der Waals surface area contributed by atoms with Gasteiger partial charge in [0.1, 0.15) is 5.82 Å². The molecule has 0 spiro atoms. The van der Waals surface area contributed by atoms with Crippen LogP contribution in [0.4, 0.5) is 5.82 Å². The Kier molecular flexibility index (Phi) is 5.60. The normalized spacial score (nSPS) is 13.1. The van der Waals surface area contributed by atoms with Crippen LogP contribution in [0.15, 0.2) is 18.3 Å². The SMILES string of the molecule is CC(C)CN(CC(C)C)c1cc(C(C)N)ccn1. The van der Waals surface area contributed by atoms with Crippen LogP contribution >= 0.6 is 0 Å². The van der Waals surface area contributed by atoms with E-state index >= 15 is 0 Å². The van der Waals surface area contributed by atoms with Crippen LogP contribution < -0.4 is 10.6 Å². The van der Waals surface area contributed by atoms with Gasteiger partial charge in [-0.1, -0.05) is 27.7 Å². The van der Waals surface area contributed by atoms with E-state index in [0.717, 1.165) is 24.5 Å². The number of nitrogens with zero attached hydrogens (tertiary/aromatic N) is 2. The molecule has 0 amide bonds. The highest BCUT2D eigenvalue weighted by Gasteiger charge is 2.12. The van der Waals surface area contributed by atoms with E-state index in [1.54, 1.807) is 0 Å². The molecular weight excluding hydrogens is 222 g/mol. The maximum absolute atomic E-state index is 5.94. The summed E-state index contributed by atoms with van der Waals surface area (Å²) in [5, 5.41) is 0. The summed E-state index contributed by atoms with van der Waals surface area (Å²) in [5.74, 6) is 2.31. The Bertz CT molecular complexity index is 349. The third kappa shape index (κ3) is 4.65. The van der Waals surface area contributed by atoms with Gasteiger partial charge < -0.3 is 10.6 Å². The summed E-state index contributed by atoms with van der Waals surface area (Å²) in [5.41, 5.74) is 7.09. The second kappa shape index (κ2) is 6.74. The molecule has 18 heavy (non-hydrogen) atoms. The number of rotatable bonds is 6. The fourth-order valence-corrected chi connectivity index (χ4v) is 2.03. The zero-order valence-corrected chi connectivity index (χ0v) is 12.4. The Morgan fingerprint density at radius 3 is 2.11 bits per heavy atom. The number of nitrogens with two attached hydrogens (primary N) is 1. The van der Waals surface area contributed by atoms with Crippen molar-refractivity contribution in [3.63, 3.8) is 0 Å². The number of hydrogen-bond acceptors (Lipinski definition) is 3. The first-order valence-electron chi connectivity index (χ1n) is 6.86. The zero-order chi connectivity index (χ0) is 13.7. The first kappa shape index (κ1) is 15.0. The second-order valence-corrected chi connectivity index (χ2v) is 5.93. The van der Waals surface area contributed by atoms with E-state index < -0.39 is 0 Å². The standard InChI is InChI=1S/C15H27N3/c1-11(2)9-18(10-12(3)4)15-8-14(13(5)16)6-7-17-15/h6-8,11-13H,9-10,16H2,1-5H3. The molecule has 0 radical (unpaired) electrons. The number of aromatic nitrogens is 1. The van der Waals surface area contributed by atoms with Crippen LogP contribution in [0.25, 0.3) is 0 Å². The first-order valence-corrected chi connectivity index (χ1v) is 6.86. The van der Waals surface area contributed by atoms with E-state index in [2.05, 4.69) is 43.6 Å². The molecule has 1 aromatic heterocycles. The summed E-state index contributed by atoms with van der Waals surface area (Å²) < 4.78 is 0. The van der Waals surface area contributed by atoms with Crippen molar-refractivity contribution >= 4 is 5.82 Å². The molecule has 1 aromatic rings. The van der Waals surface area contributed by atoms with Gasteiger partial charge in [-0.25, -0.2) is 4.98 Å². The maximum Gasteiger partial charge on any atom is 0.128 e. The largest absolute Gasteiger partial charge is 0.356 e. The van der Waals surface area contributed by atoms with Crippen LogP contribution in [-0.4, -0.2) is 18.1 Å². The van der Waals surface area contributed by atoms with Gasteiger partial charge in [-0.2, -0.15) is 0 Å². The summed E-state index contributed by atoms with van der Waals surface area (Å²) in [7, 11) is 0. The molecule has 0 aliphatic heterocycles. The highest BCUT2D eigenvalue weighted by atomic mass is 15.2. The Hall–Kier alpha value is -1.09. The topological polar surface area (TPSA) is 42.1 Å². The van der Waals surface area contributed by atoms with Crippen LogP contribution in [-0.2, 0) is 0 Å². The highest BCUT2D eigenvalue weighted by molar-refractivity contribution is 5.41. The summed E-state index contributed by atoms with van der Waals surface area (Å²) >= 11 is 0. The van der Waals surface area contributed by atoms with Crippen molar-refractivity contribution in [2.75, 3.05) is 18.0 Å². The molecule has 0 aromatic carbocycles. The molecule has 1 heterocycles. The molecule has 0 bridgehead atoms. The van der Waals surface area contributed by atoms with Crippen molar-refractivity contribution < 1.29 is 0 Å². The summed E-state index contributed by atoms with van der Waals surface area (Å²) in [4.78, 5) is 6.86. The molecule has 0 saturated carbocycles. The van der Waals surface area contributed by atoms with Crippen molar-refractivity contribution in [2.24, 2.45) is 17.6 Å². The van der Waals surface area contributed by atoms with Crippen molar-refractivity contribution in [3.8, 4) is 0 Å². The predicted molar refractivity (Wildman–Crippen MR) is 78.7 cm³/mol. The van der Waals surface area contributed by atoms with Gasteiger partial charge >= 0.3 is 0 Å². The third-order valence-corrected chi connectivity index (χ3v) is 2.79. The Morgan fingerprint density at radius 2 is 1.67 bits per heavy atom. The van der Waals surface area contributed by atoms with E-state index in [0.29, 0.717) is 11.8 Å². The van der Waals surface area contributed by atoms with E-state index in [-0.39, 0.29) is 6.04 Å². The fourth-order valence-electron chi connectivity index (χ4n) is 2.03. The lowest BCUT2D eigenvalue weighted by molar-refractivity contribution is 0.548. The van der Waals surface area contributed by atoms with Gasteiger partial charge in [-0.3, -0.25) is 0 Å². The third-order valence-electron chi connectivity index (χ3n) is 2.79. The minimum Gasteiger partial charge on any atom is -0.356 e. The molecule has 0 aliphatic rings. The van der Waals surface area contributed by atoms with Crippen LogP contribution in [0.3, 0.4) is 0 Å². The van der Waals surface area contributed by atoms with Gasteiger partial charge in [0, 0.05) is 25.3 Å². The van der Waals surface area contributed by atoms with E-state index in [1.165, 1.54) is 0 Å². The minimum atomic E-state index is 0.0618. The second-order valence-electron chi connectivity index (χ2n) is 5.93. The van der Waals surface area contributed by atoms with Crippen molar-refractivity contribution in [1.82, 2.24) is 4.98 Å². The lowest BCUT2D eigenvalue weighted by Crippen LogP contribution is -2.32. The van der Waals surface area contributed by atoms with Gasteiger partial charge in [0.15, 0.2) is 0 Å². The van der Waals surface area contributed by atoms with Gasteiger partial charge in [-0.15, -0.1) is 0 Å².